The molecule has 0 aromatic heterocycles. The van der Waals surface area contributed by atoms with Gasteiger partial charge in [-0.15, -0.1) is 0 Å². The van der Waals surface area contributed by atoms with Crippen LogP contribution in [-0.2, 0) is 14.4 Å². The van der Waals surface area contributed by atoms with Gasteiger partial charge in [0.2, 0.25) is 5.91 Å². The van der Waals surface area contributed by atoms with E-state index < -0.39 is 24.4 Å². The van der Waals surface area contributed by atoms with Crippen molar-refractivity contribution in [2.45, 2.75) is 18.9 Å². The zero-order valence-electron chi connectivity index (χ0n) is 8.43. The molecule has 0 aromatic carbocycles. The summed E-state index contributed by atoms with van der Waals surface area (Å²) in [7, 11) is 0. The molecule has 1 aliphatic rings. The van der Waals surface area contributed by atoms with Gasteiger partial charge in [0.1, 0.15) is 6.04 Å². The van der Waals surface area contributed by atoms with Gasteiger partial charge >= 0.3 is 11.9 Å². The van der Waals surface area contributed by atoms with E-state index in [-0.39, 0.29) is 18.2 Å². The number of carboxylic acids is 2. The summed E-state index contributed by atoms with van der Waals surface area (Å²) in [4.78, 5) is 34.1. The first-order valence-corrected chi connectivity index (χ1v) is 5.88. The second kappa shape index (κ2) is 5.29. The predicted octanol–water partition coefficient (Wildman–Crippen LogP) is 0.158. The molecule has 7 heteroatoms. The number of likely N-dealkylation sites (tertiary alicyclic amines) is 1. The van der Waals surface area contributed by atoms with Crippen molar-refractivity contribution < 1.29 is 24.6 Å². The van der Waals surface area contributed by atoms with E-state index in [1.54, 1.807) is 0 Å². The molecule has 0 spiro atoms. The maximum Gasteiger partial charge on any atom is 0.327 e. The van der Waals surface area contributed by atoms with Crippen molar-refractivity contribution in [3.05, 3.63) is 0 Å². The van der Waals surface area contributed by atoms with Crippen LogP contribution in [0.5, 0.6) is 0 Å². The fraction of sp³-hybridized carbons (Fsp3) is 0.667. The molecule has 2 unspecified atom stereocenters. The minimum absolute atomic E-state index is 0.0585. The largest absolute Gasteiger partial charge is 0.481 e. The predicted molar refractivity (Wildman–Crippen MR) is 57.3 cm³/mol. The van der Waals surface area contributed by atoms with Crippen LogP contribution in [-0.4, -0.2) is 50.9 Å². The molecule has 0 saturated carbocycles. The van der Waals surface area contributed by atoms with E-state index in [4.69, 9.17) is 10.2 Å². The highest BCUT2D eigenvalue weighted by atomic mass is 79.9. The smallest absolute Gasteiger partial charge is 0.327 e. The number of amides is 1. The molecule has 1 heterocycles. The molecule has 1 amide bonds. The summed E-state index contributed by atoms with van der Waals surface area (Å²) in [5, 5.41) is 18.1. The van der Waals surface area contributed by atoms with Gasteiger partial charge in [-0.2, -0.15) is 0 Å². The third-order valence-electron chi connectivity index (χ3n) is 2.49. The summed E-state index contributed by atoms with van der Waals surface area (Å²) >= 11 is 3.23. The number of carbonyl (C=O) groups is 3. The van der Waals surface area contributed by atoms with E-state index in [9.17, 15) is 14.4 Å². The molecule has 90 valence electrons. The Kier molecular flexibility index (Phi) is 4.28. The molecule has 1 rings (SSSR count). The normalized spacial score (nSPS) is 22.2. The van der Waals surface area contributed by atoms with Gasteiger partial charge in [-0.1, -0.05) is 15.9 Å². The maximum atomic E-state index is 11.5. The summed E-state index contributed by atoms with van der Waals surface area (Å²) < 4.78 is 0. The minimum Gasteiger partial charge on any atom is -0.481 e. The quantitative estimate of drug-likeness (QED) is 0.704. The lowest BCUT2D eigenvalue weighted by molar-refractivity contribution is -0.153. The lowest BCUT2D eigenvalue weighted by atomic mass is 10.1. The van der Waals surface area contributed by atoms with E-state index in [1.165, 1.54) is 0 Å². The first-order chi connectivity index (χ1) is 7.45. The average molecular weight is 294 g/mol. The number of aliphatic carboxylic acids is 2. The summed E-state index contributed by atoms with van der Waals surface area (Å²) in [6.45, 7) is 0.300. The number of hydrogen-bond donors (Lipinski definition) is 2. The van der Waals surface area contributed by atoms with Crippen molar-refractivity contribution in [2.24, 2.45) is 5.92 Å². The van der Waals surface area contributed by atoms with Crippen LogP contribution in [0, 0.1) is 5.92 Å². The monoisotopic (exact) mass is 293 g/mol. The van der Waals surface area contributed by atoms with Crippen LogP contribution in [0.15, 0.2) is 0 Å². The Morgan fingerprint density at radius 3 is 2.50 bits per heavy atom. The van der Waals surface area contributed by atoms with Gasteiger partial charge in [0.05, 0.1) is 6.42 Å². The van der Waals surface area contributed by atoms with Crippen LogP contribution < -0.4 is 0 Å². The third kappa shape index (κ3) is 2.94. The molecule has 1 saturated heterocycles. The number of rotatable bonds is 5. The Morgan fingerprint density at radius 2 is 2.12 bits per heavy atom. The Balaban J connectivity index is 2.75. The van der Waals surface area contributed by atoms with Crippen molar-refractivity contribution in [3.8, 4) is 0 Å². The third-order valence-corrected chi connectivity index (χ3v) is 3.40. The van der Waals surface area contributed by atoms with Gasteiger partial charge in [0, 0.05) is 18.3 Å². The highest BCUT2D eigenvalue weighted by molar-refractivity contribution is 9.09. The Labute approximate surface area is 100 Å². The average Bonchev–Trinajstić information content (AvgIpc) is 2.55. The molecule has 0 radical (unpaired) electrons. The summed E-state index contributed by atoms with van der Waals surface area (Å²) in [5.74, 6) is -2.73. The van der Waals surface area contributed by atoms with Gasteiger partial charge in [-0.3, -0.25) is 9.59 Å². The number of carboxylic acid groups (broad SMARTS) is 2. The number of hydrogen-bond acceptors (Lipinski definition) is 3. The zero-order valence-corrected chi connectivity index (χ0v) is 10.0. The van der Waals surface area contributed by atoms with Crippen molar-refractivity contribution in [2.75, 3.05) is 11.9 Å². The van der Waals surface area contributed by atoms with Crippen LogP contribution in [0.4, 0.5) is 0 Å². The molecule has 2 N–H and O–H groups in total. The van der Waals surface area contributed by atoms with E-state index >= 15 is 0 Å². The van der Waals surface area contributed by atoms with Crippen LogP contribution in [0.2, 0.25) is 0 Å². The Morgan fingerprint density at radius 1 is 1.50 bits per heavy atom. The van der Waals surface area contributed by atoms with Gasteiger partial charge in [-0.25, -0.2) is 4.79 Å². The zero-order chi connectivity index (χ0) is 12.3. The lowest BCUT2D eigenvalue weighted by Crippen LogP contribution is -2.43. The van der Waals surface area contributed by atoms with E-state index in [0.29, 0.717) is 11.9 Å². The molecule has 0 aromatic rings. The van der Waals surface area contributed by atoms with E-state index in [1.807, 2.05) is 0 Å². The first-order valence-electron chi connectivity index (χ1n) is 4.75. The molecule has 0 aliphatic carbocycles. The SMILES string of the molecule is O=C(O)CC(C(=O)O)N1CC(CBr)CC1=O. The van der Waals surface area contributed by atoms with Crippen LogP contribution in [0.1, 0.15) is 12.8 Å². The summed E-state index contributed by atoms with van der Waals surface area (Å²) in [6.07, 6.45) is -0.287. The molecular weight excluding hydrogens is 282 g/mol. The Bertz CT molecular complexity index is 319. The molecule has 1 fully saturated rings. The number of alkyl halides is 1. The fourth-order valence-corrected chi connectivity index (χ4v) is 2.14. The molecule has 0 bridgehead atoms. The van der Waals surface area contributed by atoms with Gasteiger partial charge in [-0.05, 0) is 5.92 Å². The summed E-state index contributed by atoms with van der Waals surface area (Å²) in [6, 6.07) is -1.26. The van der Waals surface area contributed by atoms with E-state index in [2.05, 4.69) is 15.9 Å². The van der Waals surface area contributed by atoms with Crippen LogP contribution in [0.25, 0.3) is 0 Å². The molecular formula is C9H12BrNO5. The highest BCUT2D eigenvalue weighted by Gasteiger charge is 2.38. The molecule has 16 heavy (non-hydrogen) atoms. The lowest BCUT2D eigenvalue weighted by Gasteiger charge is -2.23. The molecule has 2 atom stereocenters. The van der Waals surface area contributed by atoms with Crippen molar-refractivity contribution in [1.29, 1.82) is 0 Å². The second-order valence-corrected chi connectivity index (χ2v) is 4.37. The van der Waals surface area contributed by atoms with Crippen LogP contribution >= 0.6 is 15.9 Å². The standard InChI is InChI=1S/C9H12BrNO5/c10-3-5-1-7(12)11(4-5)6(9(15)16)2-8(13)14/h5-6H,1-4H2,(H,13,14)(H,15,16). The first kappa shape index (κ1) is 13.0. The van der Waals surface area contributed by atoms with E-state index in [0.717, 1.165) is 4.90 Å². The van der Waals surface area contributed by atoms with Crippen molar-refractivity contribution in [3.63, 3.8) is 0 Å². The molecule has 6 nitrogen and oxygen atoms in total. The highest BCUT2D eigenvalue weighted by Crippen LogP contribution is 2.23. The van der Waals surface area contributed by atoms with Crippen LogP contribution in [0.3, 0.4) is 0 Å². The minimum atomic E-state index is -1.27. The second-order valence-electron chi connectivity index (χ2n) is 3.72. The summed E-state index contributed by atoms with van der Waals surface area (Å²) in [5.41, 5.74) is 0. The number of nitrogens with zero attached hydrogens (tertiary/aromatic N) is 1. The number of carbonyl (C=O) groups excluding carboxylic acids is 1. The fourth-order valence-electron chi connectivity index (χ4n) is 1.71. The molecule has 1 aliphatic heterocycles. The topological polar surface area (TPSA) is 94.9 Å². The Hall–Kier alpha value is -1.11. The number of halogens is 1. The van der Waals surface area contributed by atoms with Gasteiger partial charge in [0.25, 0.3) is 0 Å². The van der Waals surface area contributed by atoms with Gasteiger partial charge in [0.15, 0.2) is 0 Å². The maximum absolute atomic E-state index is 11.5. The van der Waals surface area contributed by atoms with Crippen molar-refractivity contribution in [1.82, 2.24) is 4.90 Å². The van der Waals surface area contributed by atoms with Gasteiger partial charge < -0.3 is 15.1 Å². The van der Waals surface area contributed by atoms with Crippen molar-refractivity contribution >= 4 is 33.8 Å².